The van der Waals surface area contributed by atoms with Gasteiger partial charge in [-0.15, -0.1) is 0 Å². The summed E-state index contributed by atoms with van der Waals surface area (Å²) in [6.07, 6.45) is 5.86. The van der Waals surface area contributed by atoms with Crippen LogP contribution in [0.2, 0.25) is 0 Å². The largest absolute Gasteiger partial charge is 0.356 e. The summed E-state index contributed by atoms with van der Waals surface area (Å²) in [6, 6.07) is 22.3. The summed E-state index contributed by atoms with van der Waals surface area (Å²) < 4.78 is 11.6. The van der Waals surface area contributed by atoms with Gasteiger partial charge in [-0.2, -0.15) is 0 Å². The van der Waals surface area contributed by atoms with Crippen LogP contribution in [0.4, 0.5) is 0 Å². The maximum atomic E-state index is 11.6. The van der Waals surface area contributed by atoms with Crippen molar-refractivity contribution in [3.05, 3.63) is 101 Å². The molecule has 4 N–H and O–H groups in total. The number of nitrogens with one attached hydrogen (secondary N) is 2. The number of rotatable bonds is 2. The first kappa shape index (κ1) is 20.6. The Bertz CT molecular complexity index is 1710. The Morgan fingerprint density at radius 1 is 0.647 bits per heavy atom. The number of nitrogens with zero attached hydrogens (tertiary/aromatic N) is 2. The molecule has 0 amide bonds. The summed E-state index contributed by atoms with van der Waals surface area (Å²) in [4.78, 5) is 35.2. The quantitative estimate of drug-likeness (QED) is 0.272. The van der Waals surface area contributed by atoms with Crippen LogP contribution in [-0.2, 0) is 4.57 Å². The molecule has 1 aromatic carbocycles. The van der Waals surface area contributed by atoms with Crippen LogP contribution < -0.4 is 5.30 Å². The minimum atomic E-state index is -4.30. The van der Waals surface area contributed by atoms with Crippen molar-refractivity contribution in [2.45, 2.75) is 0 Å². The molecule has 2 aliphatic heterocycles. The van der Waals surface area contributed by atoms with Gasteiger partial charge in [0.1, 0.15) is 0 Å². The maximum absolute atomic E-state index is 11.6. The van der Waals surface area contributed by atoms with Gasteiger partial charge >= 0.3 is 7.60 Å². The SMILES string of the molecule is O=P(O)(O)c1ccc(C2=Cc3cc4ccc(cc5ccc(cc6nc(cc2n3)C=C6)[nH]5)[nH]4)cc1. The number of hydrogen-bond acceptors (Lipinski definition) is 3. The van der Waals surface area contributed by atoms with E-state index in [-0.39, 0.29) is 5.30 Å². The van der Waals surface area contributed by atoms with Crippen molar-refractivity contribution >= 4 is 58.8 Å². The van der Waals surface area contributed by atoms with Crippen molar-refractivity contribution < 1.29 is 14.4 Å². The highest BCUT2D eigenvalue weighted by molar-refractivity contribution is 7.60. The topological polar surface area (TPSA) is 115 Å². The first-order valence-corrected chi connectivity index (χ1v) is 12.3. The lowest BCUT2D eigenvalue weighted by atomic mass is 10.0. The zero-order valence-corrected chi connectivity index (χ0v) is 18.7. The zero-order valence-electron chi connectivity index (χ0n) is 17.8. The van der Waals surface area contributed by atoms with Gasteiger partial charge in [-0.05, 0) is 84.5 Å². The van der Waals surface area contributed by atoms with E-state index in [4.69, 9.17) is 9.97 Å². The Morgan fingerprint density at radius 2 is 1.21 bits per heavy atom. The van der Waals surface area contributed by atoms with Gasteiger partial charge in [-0.1, -0.05) is 12.1 Å². The fourth-order valence-electron chi connectivity index (χ4n) is 4.08. The van der Waals surface area contributed by atoms with Gasteiger partial charge in [0.05, 0.1) is 28.1 Å². The minimum absolute atomic E-state index is 0.0148. The van der Waals surface area contributed by atoms with E-state index in [0.717, 1.165) is 56.0 Å². The van der Waals surface area contributed by atoms with E-state index < -0.39 is 7.60 Å². The van der Waals surface area contributed by atoms with Gasteiger partial charge in [-0.3, -0.25) is 4.57 Å². The van der Waals surface area contributed by atoms with Crippen LogP contribution in [-0.4, -0.2) is 29.7 Å². The van der Waals surface area contributed by atoms with Crippen molar-refractivity contribution in [1.29, 1.82) is 0 Å². The van der Waals surface area contributed by atoms with E-state index in [1.807, 2.05) is 66.8 Å². The Labute approximate surface area is 194 Å². The molecule has 6 rings (SSSR count). The predicted octanol–water partition coefficient (Wildman–Crippen LogP) is 4.88. The molecule has 166 valence electrons. The van der Waals surface area contributed by atoms with Crippen LogP contribution in [0.3, 0.4) is 0 Å². The Hall–Kier alpha value is -4.03. The highest BCUT2D eigenvalue weighted by Crippen LogP contribution is 2.35. The van der Waals surface area contributed by atoms with Crippen LogP contribution in [0.15, 0.2) is 72.8 Å². The van der Waals surface area contributed by atoms with E-state index in [1.165, 1.54) is 12.1 Å². The highest BCUT2D eigenvalue weighted by atomic mass is 31.2. The molecule has 0 saturated carbocycles. The molecule has 0 spiro atoms. The lowest BCUT2D eigenvalue weighted by molar-refractivity contribution is 0.387. The lowest BCUT2D eigenvalue weighted by Gasteiger charge is -2.06. The minimum Gasteiger partial charge on any atom is -0.355 e. The van der Waals surface area contributed by atoms with Gasteiger partial charge in [0.15, 0.2) is 0 Å². The molecule has 0 aliphatic carbocycles. The Balaban J connectivity index is 1.57. The van der Waals surface area contributed by atoms with E-state index in [9.17, 15) is 14.4 Å². The number of hydrogen-bond donors (Lipinski definition) is 4. The number of fused-ring (bicyclic) bond motifs is 8. The lowest BCUT2D eigenvalue weighted by Crippen LogP contribution is -2.03. The van der Waals surface area contributed by atoms with Crippen LogP contribution in [0.5, 0.6) is 0 Å². The van der Waals surface area contributed by atoms with Crippen molar-refractivity contribution in [2.75, 3.05) is 0 Å². The second-order valence-electron chi connectivity index (χ2n) is 8.18. The number of aromatic nitrogens is 4. The fraction of sp³-hybridized carbons (Fsp3) is 0. The first-order chi connectivity index (χ1) is 16.4. The van der Waals surface area contributed by atoms with Crippen molar-refractivity contribution in [3.8, 4) is 0 Å². The summed E-state index contributed by atoms with van der Waals surface area (Å²) >= 11 is 0. The highest BCUT2D eigenvalue weighted by Gasteiger charge is 2.18. The first-order valence-electron chi connectivity index (χ1n) is 10.6. The molecule has 8 heteroatoms. The molecular weight excluding hydrogens is 447 g/mol. The van der Waals surface area contributed by atoms with E-state index in [0.29, 0.717) is 0 Å². The van der Waals surface area contributed by atoms with Crippen molar-refractivity contribution in [3.63, 3.8) is 0 Å². The normalized spacial score (nSPS) is 13.2. The molecule has 34 heavy (non-hydrogen) atoms. The number of aromatic amines is 2. The number of H-pyrrole nitrogens is 2. The molecule has 8 bridgehead atoms. The fourth-order valence-corrected chi connectivity index (χ4v) is 4.62. The summed E-state index contributed by atoms with van der Waals surface area (Å²) in [5.74, 6) is 0. The maximum Gasteiger partial charge on any atom is 0.356 e. The predicted molar refractivity (Wildman–Crippen MR) is 135 cm³/mol. The van der Waals surface area contributed by atoms with Gasteiger partial charge in [0.25, 0.3) is 0 Å². The molecule has 7 nitrogen and oxygen atoms in total. The number of benzene rings is 1. The summed E-state index contributed by atoms with van der Waals surface area (Å²) in [5, 5.41) is -0.0148. The van der Waals surface area contributed by atoms with Crippen LogP contribution in [0.25, 0.3) is 45.9 Å². The van der Waals surface area contributed by atoms with E-state index in [1.54, 1.807) is 12.1 Å². The Morgan fingerprint density at radius 3 is 1.82 bits per heavy atom. The summed E-state index contributed by atoms with van der Waals surface area (Å²) in [6.45, 7) is 0. The van der Waals surface area contributed by atoms with Crippen molar-refractivity contribution in [2.24, 2.45) is 0 Å². The van der Waals surface area contributed by atoms with Crippen molar-refractivity contribution in [1.82, 2.24) is 19.9 Å². The van der Waals surface area contributed by atoms with E-state index >= 15 is 0 Å². The molecule has 0 radical (unpaired) electrons. The molecule has 0 unspecified atom stereocenters. The molecule has 0 fully saturated rings. The molecule has 4 aromatic rings. The Kier molecular flexibility index (Phi) is 4.71. The molecule has 5 heterocycles. The third-order valence-electron chi connectivity index (χ3n) is 5.68. The monoisotopic (exact) mass is 466 g/mol. The molecular formula is C26H19N4O3P. The third kappa shape index (κ3) is 4.04. The average molecular weight is 466 g/mol. The van der Waals surface area contributed by atoms with Gasteiger partial charge < -0.3 is 19.8 Å². The molecule has 2 aliphatic rings. The zero-order chi connectivity index (χ0) is 23.3. The average Bonchev–Trinajstić information content (AvgIpc) is 3.58. The molecule has 0 saturated heterocycles. The second-order valence-corrected chi connectivity index (χ2v) is 9.79. The molecule has 3 aromatic heterocycles. The van der Waals surface area contributed by atoms with Gasteiger partial charge in [-0.25, -0.2) is 9.97 Å². The molecule has 0 atom stereocenters. The van der Waals surface area contributed by atoms with Crippen LogP contribution in [0, 0.1) is 0 Å². The smallest absolute Gasteiger partial charge is 0.355 e. The van der Waals surface area contributed by atoms with Crippen LogP contribution in [0.1, 0.15) is 28.3 Å². The second kappa shape index (κ2) is 7.78. The van der Waals surface area contributed by atoms with Gasteiger partial charge in [0, 0.05) is 27.6 Å². The van der Waals surface area contributed by atoms with Gasteiger partial charge in [0.2, 0.25) is 0 Å². The summed E-state index contributed by atoms with van der Waals surface area (Å²) in [7, 11) is -4.30. The third-order valence-corrected chi connectivity index (χ3v) is 6.65. The standard InChI is InChI=1S/C26H19N4O3P/c31-34(32,33)24-9-1-16(2-10-24)25-14-23-13-21-6-5-19(28-21)11-17-3-4-18(27-17)12-20-7-8-22(29-20)15-26(25)30-23/h1-15,27-28H,(H2,31,32,33). The summed E-state index contributed by atoms with van der Waals surface area (Å²) in [5.41, 5.74) is 8.59. The van der Waals surface area contributed by atoms with Crippen LogP contribution >= 0.6 is 7.60 Å². The van der Waals surface area contributed by atoms with E-state index in [2.05, 4.69) is 9.97 Å².